The van der Waals surface area contributed by atoms with Crippen LogP contribution in [0.3, 0.4) is 0 Å². The molecule has 0 saturated heterocycles. The van der Waals surface area contributed by atoms with Crippen molar-refractivity contribution in [1.82, 2.24) is 19.6 Å². The number of carbonyl (C=O) groups excluding carboxylic acids is 1. The van der Waals surface area contributed by atoms with Crippen molar-refractivity contribution >= 4 is 34.1 Å². The molecular formula is C14H14ClN5O. The molecule has 6 nitrogen and oxygen atoms in total. The van der Waals surface area contributed by atoms with Crippen molar-refractivity contribution < 1.29 is 4.79 Å². The van der Waals surface area contributed by atoms with Gasteiger partial charge in [0.05, 0.1) is 23.9 Å². The van der Waals surface area contributed by atoms with Crippen LogP contribution in [0.1, 0.15) is 6.42 Å². The van der Waals surface area contributed by atoms with Crippen LogP contribution in [0.2, 0.25) is 5.15 Å². The number of aryl methyl sites for hydroxylation is 2. The number of anilines is 1. The monoisotopic (exact) mass is 303 g/mol. The Hall–Kier alpha value is -2.34. The third-order valence-corrected chi connectivity index (χ3v) is 3.43. The van der Waals surface area contributed by atoms with Crippen LogP contribution in [0.25, 0.3) is 10.9 Å². The van der Waals surface area contributed by atoms with E-state index in [0.717, 1.165) is 10.9 Å². The van der Waals surface area contributed by atoms with E-state index in [2.05, 4.69) is 15.5 Å². The third-order valence-electron chi connectivity index (χ3n) is 3.15. The molecule has 0 atom stereocenters. The minimum atomic E-state index is -0.0845. The molecule has 0 aliphatic heterocycles. The van der Waals surface area contributed by atoms with Gasteiger partial charge in [-0.1, -0.05) is 23.7 Å². The summed E-state index contributed by atoms with van der Waals surface area (Å²) in [6, 6.07) is 7.69. The zero-order valence-electron chi connectivity index (χ0n) is 11.5. The van der Waals surface area contributed by atoms with E-state index < -0.39 is 0 Å². The van der Waals surface area contributed by atoms with Crippen molar-refractivity contribution in [2.24, 2.45) is 7.05 Å². The maximum Gasteiger partial charge on any atom is 0.226 e. The highest BCUT2D eigenvalue weighted by Crippen LogP contribution is 2.22. The van der Waals surface area contributed by atoms with Crippen LogP contribution in [-0.2, 0) is 18.4 Å². The first-order valence-corrected chi connectivity index (χ1v) is 6.91. The van der Waals surface area contributed by atoms with Crippen LogP contribution < -0.4 is 5.32 Å². The van der Waals surface area contributed by atoms with Gasteiger partial charge >= 0.3 is 0 Å². The number of halogens is 1. The minimum absolute atomic E-state index is 0.0845. The van der Waals surface area contributed by atoms with Gasteiger partial charge in [-0.05, 0) is 12.1 Å². The van der Waals surface area contributed by atoms with E-state index in [-0.39, 0.29) is 5.91 Å². The fourth-order valence-electron chi connectivity index (χ4n) is 2.17. The normalized spacial score (nSPS) is 11.0. The fourth-order valence-corrected chi connectivity index (χ4v) is 2.43. The summed E-state index contributed by atoms with van der Waals surface area (Å²) < 4.78 is 3.39. The molecule has 1 aromatic carbocycles. The molecule has 0 aliphatic carbocycles. The molecule has 0 bridgehead atoms. The summed E-state index contributed by atoms with van der Waals surface area (Å²) in [4.78, 5) is 11.9. The van der Waals surface area contributed by atoms with E-state index in [4.69, 9.17) is 11.6 Å². The number of fused-ring (bicyclic) bond motifs is 1. The van der Waals surface area contributed by atoms with Crippen LogP contribution in [-0.4, -0.2) is 25.5 Å². The number of hydrogen-bond donors (Lipinski definition) is 1. The minimum Gasteiger partial charge on any atom is -0.323 e. The van der Waals surface area contributed by atoms with Gasteiger partial charge < -0.3 is 5.32 Å². The molecule has 1 amide bonds. The molecule has 3 aromatic rings. The number of nitrogens with one attached hydrogen (secondary N) is 1. The third kappa shape index (κ3) is 2.90. The summed E-state index contributed by atoms with van der Waals surface area (Å²) in [5, 5.41) is 12.4. The molecule has 0 unspecified atom stereocenters. The second-order valence-electron chi connectivity index (χ2n) is 4.73. The van der Waals surface area contributed by atoms with Crippen molar-refractivity contribution in [3.8, 4) is 0 Å². The Balaban J connectivity index is 1.67. The molecular weight excluding hydrogens is 290 g/mol. The highest BCUT2D eigenvalue weighted by Gasteiger charge is 2.10. The van der Waals surface area contributed by atoms with Crippen LogP contribution >= 0.6 is 11.6 Å². The number of carbonyl (C=O) groups is 1. The number of hydrogen-bond acceptors (Lipinski definition) is 3. The zero-order valence-corrected chi connectivity index (χ0v) is 12.2. The van der Waals surface area contributed by atoms with E-state index in [1.54, 1.807) is 28.8 Å². The average molecular weight is 304 g/mol. The molecule has 1 N–H and O–H groups in total. The van der Waals surface area contributed by atoms with Crippen molar-refractivity contribution in [2.75, 3.05) is 5.32 Å². The van der Waals surface area contributed by atoms with Gasteiger partial charge in [-0.3, -0.25) is 14.2 Å². The van der Waals surface area contributed by atoms with Gasteiger partial charge in [-0.15, -0.1) is 0 Å². The number of amides is 1. The molecule has 108 valence electrons. The summed E-state index contributed by atoms with van der Waals surface area (Å²) in [5.41, 5.74) is 1.61. The lowest BCUT2D eigenvalue weighted by Crippen LogP contribution is -2.14. The Kier molecular flexibility index (Phi) is 3.62. The highest BCUT2D eigenvalue weighted by atomic mass is 35.5. The smallest absolute Gasteiger partial charge is 0.226 e. The molecule has 21 heavy (non-hydrogen) atoms. The quantitative estimate of drug-likeness (QED) is 0.805. The van der Waals surface area contributed by atoms with Gasteiger partial charge in [-0.25, -0.2) is 0 Å². The predicted molar refractivity (Wildman–Crippen MR) is 81.2 cm³/mol. The number of rotatable bonds is 4. The first kappa shape index (κ1) is 13.6. The molecule has 0 spiro atoms. The second kappa shape index (κ2) is 5.57. The molecule has 2 aromatic heterocycles. The molecule has 0 fully saturated rings. The number of aromatic nitrogens is 4. The lowest BCUT2D eigenvalue weighted by Gasteiger charge is -2.04. The van der Waals surface area contributed by atoms with E-state index in [9.17, 15) is 4.79 Å². The van der Waals surface area contributed by atoms with Gasteiger partial charge in [0.25, 0.3) is 0 Å². The van der Waals surface area contributed by atoms with E-state index in [1.165, 1.54) is 0 Å². The van der Waals surface area contributed by atoms with Gasteiger partial charge in [0, 0.05) is 25.1 Å². The molecule has 2 heterocycles. The van der Waals surface area contributed by atoms with E-state index >= 15 is 0 Å². The Morgan fingerprint density at radius 3 is 2.95 bits per heavy atom. The maximum absolute atomic E-state index is 11.9. The fraction of sp³-hybridized carbons (Fsp3) is 0.214. The highest BCUT2D eigenvalue weighted by molar-refractivity contribution is 6.34. The van der Waals surface area contributed by atoms with Crippen molar-refractivity contribution in [2.45, 2.75) is 13.0 Å². The van der Waals surface area contributed by atoms with Gasteiger partial charge in [-0.2, -0.15) is 10.2 Å². The molecule has 3 rings (SSSR count). The Bertz CT molecular complexity index is 792. The SMILES string of the molecule is Cn1cc(NC(=O)CCn2nc(Cl)c3ccccc32)cn1. The molecule has 7 heteroatoms. The van der Waals surface area contributed by atoms with E-state index in [1.807, 2.05) is 24.3 Å². The first-order chi connectivity index (χ1) is 10.1. The summed E-state index contributed by atoms with van der Waals surface area (Å²) in [7, 11) is 1.80. The Morgan fingerprint density at radius 2 is 2.19 bits per heavy atom. The number of nitrogens with zero attached hydrogens (tertiary/aromatic N) is 4. The molecule has 0 aliphatic rings. The number of para-hydroxylation sites is 1. The summed E-state index contributed by atoms with van der Waals surface area (Å²) in [6.45, 7) is 0.472. The van der Waals surface area contributed by atoms with Crippen LogP contribution in [0.4, 0.5) is 5.69 Å². The van der Waals surface area contributed by atoms with Crippen molar-refractivity contribution in [3.05, 3.63) is 41.8 Å². The summed E-state index contributed by atoms with van der Waals surface area (Å²) in [5.74, 6) is -0.0845. The zero-order chi connectivity index (χ0) is 14.8. The lowest BCUT2D eigenvalue weighted by atomic mass is 10.2. The van der Waals surface area contributed by atoms with Gasteiger partial charge in [0.15, 0.2) is 5.15 Å². The largest absolute Gasteiger partial charge is 0.323 e. The van der Waals surface area contributed by atoms with E-state index in [0.29, 0.717) is 23.8 Å². The summed E-state index contributed by atoms with van der Waals surface area (Å²) >= 11 is 6.08. The Labute approximate surface area is 126 Å². The molecule has 0 saturated carbocycles. The van der Waals surface area contributed by atoms with Gasteiger partial charge in [0.2, 0.25) is 5.91 Å². The second-order valence-corrected chi connectivity index (χ2v) is 5.09. The number of benzene rings is 1. The first-order valence-electron chi connectivity index (χ1n) is 6.53. The van der Waals surface area contributed by atoms with Crippen molar-refractivity contribution in [1.29, 1.82) is 0 Å². The Morgan fingerprint density at radius 1 is 1.38 bits per heavy atom. The topological polar surface area (TPSA) is 64.7 Å². The predicted octanol–water partition coefficient (Wildman–Crippen LogP) is 2.45. The van der Waals surface area contributed by atoms with Crippen LogP contribution in [0, 0.1) is 0 Å². The summed E-state index contributed by atoms with van der Waals surface area (Å²) in [6.07, 6.45) is 3.67. The maximum atomic E-state index is 11.9. The van der Waals surface area contributed by atoms with Crippen LogP contribution in [0.15, 0.2) is 36.7 Å². The van der Waals surface area contributed by atoms with Crippen LogP contribution in [0.5, 0.6) is 0 Å². The average Bonchev–Trinajstić information content (AvgIpc) is 3.01. The standard InChI is InChI=1S/C14H14ClN5O/c1-19-9-10(8-16-19)17-13(21)6-7-20-12-5-3-2-4-11(12)14(15)18-20/h2-5,8-9H,6-7H2,1H3,(H,17,21). The molecule has 0 radical (unpaired) electrons. The van der Waals surface area contributed by atoms with Crippen molar-refractivity contribution in [3.63, 3.8) is 0 Å². The lowest BCUT2D eigenvalue weighted by molar-refractivity contribution is -0.116. The van der Waals surface area contributed by atoms with Gasteiger partial charge in [0.1, 0.15) is 0 Å².